The largest absolute Gasteiger partial charge is 0.388 e. The molecule has 2 aromatic heterocycles. The van der Waals surface area contributed by atoms with Crippen molar-refractivity contribution in [1.29, 1.82) is 0 Å². The summed E-state index contributed by atoms with van der Waals surface area (Å²) in [6.07, 6.45) is 3.09. The van der Waals surface area contributed by atoms with Crippen LogP contribution in [0.5, 0.6) is 0 Å². The van der Waals surface area contributed by atoms with Gasteiger partial charge in [-0.2, -0.15) is 0 Å². The lowest BCUT2D eigenvalue weighted by Crippen LogP contribution is -2.22. The van der Waals surface area contributed by atoms with Gasteiger partial charge in [0.25, 0.3) is 0 Å². The molecular formula is C13H17N3OS. The number of rotatable bonds is 5. The molecule has 0 amide bonds. The summed E-state index contributed by atoms with van der Waals surface area (Å²) in [7, 11) is 0. The zero-order chi connectivity index (χ0) is 13.0. The Morgan fingerprint density at radius 1 is 1.39 bits per heavy atom. The maximum Gasteiger partial charge on any atom is 0.185 e. The van der Waals surface area contributed by atoms with E-state index < -0.39 is 6.10 Å². The van der Waals surface area contributed by atoms with Crippen LogP contribution in [0.2, 0.25) is 0 Å². The quantitative estimate of drug-likeness (QED) is 0.901. The van der Waals surface area contributed by atoms with E-state index in [4.69, 9.17) is 0 Å². The second-order valence-electron chi connectivity index (χ2n) is 4.06. The Bertz CT molecular complexity index is 484. The van der Waals surface area contributed by atoms with E-state index >= 15 is 0 Å². The van der Waals surface area contributed by atoms with Crippen LogP contribution in [0.15, 0.2) is 30.6 Å². The number of aromatic nitrogens is 2. The minimum absolute atomic E-state index is 0.454. The van der Waals surface area contributed by atoms with E-state index in [0.29, 0.717) is 0 Å². The van der Waals surface area contributed by atoms with E-state index in [9.17, 15) is 5.11 Å². The fourth-order valence-corrected chi connectivity index (χ4v) is 2.53. The second-order valence-corrected chi connectivity index (χ2v) is 5.10. The average Bonchev–Trinajstić information content (AvgIpc) is 2.87. The zero-order valence-electron chi connectivity index (χ0n) is 10.6. The van der Waals surface area contributed by atoms with Crippen molar-refractivity contribution in [2.45, 2.75) is 26.5 Å². The Hall–Kier alpha value is -1.46. The van der Waals surface area contributed by atoms with Gasteiger partial charge in [0.15, 0.2) is 5.13 Å². The summed E-state index contributed by atoms with van der Waals surface area (Å²) in [5.41, 5.74) is 1.02. The molecule has 0 aliphatic rings. The number of aliphatic hydroxyl groups excluding tert-OH is 1. The highest BCUT2D eigenvalue weighted by molar-refractivity contribution is 7.15. The molecule has 0 saturated heterocycles. The van der Waals surface area contributed by atoms with Crippen LogP contribution >= 0.6 is 11.3 Å². The molecule has 2 aromatic rings. The van der Waals surface area contributed by atoms with Crippen LogP contribution < -0.4 is 4.90 Å². The van der Waals surface area contributed by atoms with E-state index in [2.05, 4.69) is 21.8 Å². The van der Waals surface area contributed by atoms with Gasteiger partial charge in [-0.05, 0) is 26.0 Å². The van der Waals surface area contributed by atoms with Crippen LogP contribution in [0, 0.1) is 0 Å². The minimum atomic E-state index is -0.454. The molecular weight excluding hydrogens is 246 g/mol. The van der Waals surface area contributed by atoms with E-state index in [-0.39, 0.29) is 0 Å². The van der Waals surface area contributed by atoms with Gasteiger partial charge in [-0.25, -0.2) is 4.98 Å². The highest BCUT2D eigenvalue weighted by Gasteiger charge is 2.12. The minimum Gasteiger partial charge on any atom is -0.388 e. The molecule has 2 heterocycles. The summed E-state index contributed by atoms with van der Waals surface area (Å²) in [4.78, 5) is 11.7. The lowest BCUT2D eigenvalue weighted by Gasteiger charge is -2.19. The SMILES string of the molecule is CCN(Cc1ccccn1)c1ncc(C(C)O)s1. The van der Waals surface area contributed by atoms with E-state index in [1.165, 1.54) is 11.3 Å². The molecule has 0 saturated carbocycles. The predicted octanol–water partition coefficient (Wildman–Crippen LogP) is 2.62. The Kier molecular flexibility index (Phi) is 4.28. The molecule has 1 atom stereocenters. The molecule has 0 spiro atoms. The highest BCUT2D eigenvalue weighted by atomic mass is 32.1. The molecule has 1 unspecified atom stereocenters. The number of hydrogen-bond acceptors (Lipinski definition) is 5. The van der Waals surface area contributed by atoms with Crippen molar-refractivity contribution in [3.63, 3.8) is 0 Å². The van der Waals surface area contributed by atoms with Gasteiger partial charge in [-0.15, -0.1) is 0 Å². The number of anilines is 1. The summed E-state index contributed by atoms with van der Waals surface area (Å²) in [6, 6.07) is 5.90. The normalized spacial score (nSPS) is 12.4. The van der Waals surface area contributed by atoms with Crippen LogP contribution in [0.25, 0.3) is 0 Å². The van der Waals surface area contributed by atoms with Crippen molar-refractivity contribution in [1.82, 2.24) is 9.97 Å². The summed E-state index contributed by atoms with van der Waals surface area (Å²) >= 11 is 1.53. The first kappa shape index (κ1) is 13.0. The summed E-state index contributed by atoms with van der Waals surface area (Å²) in [5.74, 6) is 0. The maximum atomic E-state index is 9.52. The summed E-state index contributed by atoms with van der Waals surface area (Å²) in [5, 5.41) is 10.5. The first-order valence-electron chi connectivity index (χ1n) is 5.99. The molecule has 4 nitrogen and oxygen atoms in total. The molecule has 0 aromatic carbocycles. The molecule has 96 valence electrons. The number of pyridine rings is 1. The van der Waals surface area contributed by atoms with E-state index in [1.807, 2.05) is 18.2 Å². The maximum absolute atomic E-state index is 9.52. The van der Waals surface area contributed by atoms with Gasteiger partial charge >= 0.3 is 0 Å². The van der Waals surface area contributed by atoms with Gasteiger partial charge in [0.2, 0.25) is 0 Å². The van der Waals surface area contributed by atoms with Gasteiger partial charge in [-0.1, -0.05) is 17.4 Å². The first-order valence-corrected chi connectivity index (χ1v) is 6.81. The van der Waals surface area contributed by atoms with Crippen molar-refractivity contribution in [3.05, 3.63) is 41.2 Å². The molecule has 0 aliphatic carbocycles. The summed E-state index contributed by atoms with van der Waals surface area (Å²) < 4.78 is 0. The van der Waals surface area contributed by atoms with Gasteiger partial charge in [-0.3, -0.25) is 4.98 Å². The molecule has 0 aliphatic heterocycles. The number of nitrogens with zero attached hydrogens (tertiary/aromatic N) is 3. The van der Waals surface area contributed by atoms with Gasteiger partial charge in [0.1, 0.15) is 0 Å². The average molecular weight is 263 g/mol. The predicted molar refractivity (Wildman–Crippen MR) is 73.7 cm³/mol. The number of aliphatic hydroxyl groups is 1. The third-order valence-electron chi connectivity index (χ3n) is 2.65. The monoisotopic (exact) mass is 263 g/mol. The Balaban J connectivity index is 2.13. The van der Waals surface area contributed by atoms with E-state index in [0.717, 1.165) is 28.8 Å². The smallest absolute Gasteiger partial charge is 0.185 e. The highest BCUT2D eigenvalue weighted by Crippen LogP contribution is 2.27. The standard InChI is InChI=1S/C13H17N3OS/c1-3-16(9-11-6-4-5-7-14-11)13-15-8-12(18-13)10(2)17/h4-8,10,17H,3,9H2,1-2H3. The van der Waals surface area contributed by atoms with Crippen LogP contribution in [0.1, 0.15) is 30.5 Å². The second kappa shape index (κ2) is 5.93. The van der Waals surface area contributed by atoms with Gasteiger partial charge in [0, 0.05) is 18.9 Å². The Morgan fingerprint density at radius 2 is 2.22 bits per heavy atom. The van der Waals surface area contributed by atoms with Crippen LogP contribution in [0.4, 0.5) is 5.13 Å². The summed E-state index contributed by atoms with van der Waals surface area (Å²) in [6.45, 7) is 5.45. The van der Waals surface area contributed by atoms with Gasteiger partial charge < -0.3 is 10.0 Å². The molecule has 0 radical (unpaired) electrons. The Labute approximate surface area is 111 Å². The lowest BCUT2D eigenvalue weighted by atomic mass is 10.3. The molecule has 1 N–H and O–H groups in total. The van der Waals surface area contributed by atoms with E-state index in [1.54, 1.807) is 19.3 Å². The number of thiazole rings is 1. The Morgan fingerprint density at radius 3 is 2.78 bits per heavy atom. The number of hydrogen-bond donors (Lipinski definition) is 1. The molecule has 5 heteroatoms. The van der Waals surface area contributed by atoms with Crippen molar-refractivity contribution < 1.29 is 5.11 Å². The topological polar surface area (TPSA) is 49.2 Å². The van der Waals surface area contributed by atoms with Crippen LogP contribution in [0.3, 0.4) is 0 Å². The van der Waals surface area contributed by atoms with Crippen LogP contribution in [-0.4, -0.2) is 21.6 Å². The van der Waals surface area contributed by atoms with Crippen molar-refractivity contribution >= 4 is 16.5 Å². The third-order valence-corrected chi connectivity index (χ3v) is 3.88. The fraction of sp³-hybridized carbons (Fsp3) is 0.385. The van der Waals surface area contributed by atoms with Gasteiger partial charge in [0.05, 0.1) is 23.2 Å². The van der Waals surface area contributed by atoms with Crippen LogP contribution in [-0.2, 0) is 6.54 Å². The molecule has 0 fully saturated rings. The lowest BCUT2D eigenvalue weighted by molar-refractivity contribution is 0.203. The molecule has 0 bridgehead atoms. The zero-order valence-corrected chi connectivity index (χ0v) is 11.4. The third kappa shape index (κ3) is 3.05. The first-order chi connectivity index (χ1) is 8.70. The van der Waals surface area contributed by atoms with Crippen molar-refractivity contribution in [2.75, 3.05) is 11.4 Å². The molecule has 18 heavy (non-hydrogen) atoms. The fourth-order valence-electron chi connectivity index (χ4n) is 1.62. The van der Waals surface area contributed by atoms with Crippen molar-refractivity contribution in [3.8, 4) is 0 Å². The van der Waals surface area contributed by atoms with Crippen molar-refractivity contribution in [2.24, 2.45) is 0 Å². The molecule has 2 rings (SSSR count).